The van der Waals surface area contributed by atoms with Crippen LogP contribution < -0.4 is 5.73 Å². The molecule has 0 amide bonds. The van der Waals surface area contributed by atoms with Gasteiger partial charge in [0.1, 0.15) is 5.69 Å². The molecule has 3 rings (SSSR count). The van der Waals surface area contributed by atoms with Gasteiger partial charge in [0.05, 0.1) is 0 Å². The molecule has 0 aliphatic rings. The van der Waals surface area contributed by atoms with Crippen molar-refractivity contribution in [3.05, 3.63) is 41.5 Å². The van der Waals surface area contributed by atoms with Crippen LogP contribution in [0.5, 0.6) is 0 Å². The van der Waals surface area contributed by atoms with Crippen molar-refractivity contribution in [2.45, 2.75) is 25.2 Å². The number of hydrogen-bond donors (Lipinski definition) is 1. The molecule has 0 aliphatic carbocycles. The molecule has 2 N–H and O–H groups in total. The van der Waals surface area contributed by atoms with Crippen LogP contribution in [0.2, 0.25) is 0 Å². The van der Waals surface area contributed by atoms with Gasteiger partial charge in [-0.3, -0.25) is 0 Å². The molecule has 0 aromatic carbocycles. The monoisotopic (exact) mass is 320 g/mol. The van der Waals surface area contributed by atoms with E-state index in [2.05, 4.69) is 10.1 Å². The Bertz CT molecular complexity index is 921. The second-order valence-electron chi connectivity index (χ2n) is 5.02. The lowest BCUT2D eigenvalue weighted by Gasteiger charge is -2.05. The Morgan fingerprint density at radius 3 is 2.77 bits per heavy atom. The van der Waals surface area contributed by atoms with E-state index < -0.39 is 10.0 Å². The maximum atomic E-state index is 13.0. The summed E-state index contributed by atoms with van der Waals surface area (Å²) in [5.41, 5.74) is 7.17. The van der Waals surface area contributed by atoms with E-state index in [0.29, 0.717) is 24.3 Å². The average Bonchev–Trinajstić information content (AvgIpc) is 3.01. The van der Waals surface area contributed by atoms with E-state index in [0.717, 1.165) is 10.9 Å². The Balaban J connectivity index is 2.30. The van der Waals surface area contributed by atoms with Crippen LogP contribution in [-0.4, -0.2) is 29.1 Å². The van der Waals surface area contributed by atoms with E-state index in [-0.39, 0.29) is 10.7 Å². The van der Waals surface area contributed by atoms with E-state index in [1.807, 2.05) is 6.07 Å². The van der Waals surface area contributed by atoms with E-state index in [4.69, 9.17) is 10.3 Å². The standard InChI is InChI=1S/C14H16N4O3S/c1-9-13(10(2)21-17-9)22(19,20)18-8-11(5-6-15)12-4-3-7-16-14(12)18/h3-4,7-8H,5-6,15H2,1-2H3. The van der Waals surface area contributed by atoms with E-state index in [1.54, 1.807) is 32.3 Å². The Hall–Kier alpha value is -2.19. The van der Waals surface area contributed by atoms with Crippen molar-refractivity contribution in [2.75, 3.05) is 6.54 Å². The molecule has 0 saturated heterocycles. The highest BCUT2D eigenvalue weighted by atomic mass is 32.2. The lowest BCUT2D eigenvalue weighted by atomic mass is 10.2. The number of fused-ring (bicyclic) bond motifs is 1. The summed E-state index contributed by atoms with van der Waals surface area (Å²) in [7, 11) is -3.82. The van der Waals surface area contributed by atoms with Gasteiger partial charge in [0, 0.05) is 17.8 Å². The van der Waals surface area contributed by atoms with Crippen molar-refractivity contribution < 1.29 is 12.9 Å². The van der Waals surface area contributed by atoms with E-state index >= 15 is 0 Å². The number of nitrogens with zero attached hydrogens (tertiary/aromatic N) is 3. The van der Waals surface area contributed by atoms with Crippen LogP contribution in [0.4, 0.5) is 0 Å². The fraction of sp³-hybridized carbons (Fsp3) is 0.286. The maximum Gasteiger partial charge on any atom is 0.274 e. The number of pyridine rings is 1. The van der Waals surface area contributed by atoms with Gasteiger partial charge in [-0.15, -0.1) is 0 Å². The zero-order valence-electron chi connectivity index (χ0n) is 12.3. The van der Waals surface area contributed by atoms with Crippen molar-refractivity contribution in [1.29, 1.82) is 0 Å². The number of rotatable bonds is 4. The van der Waals surface area contributed by atoms with Crippen LogP contribution in [0.3, 0.4) is 0 Å². The predicted octanol–water partition coefficient (Wildman–Crippen LogP) is 1.38. The molecule has 3 aromatic heterocycles. The van der Waals surface area contributed by atoms with Crippen molar-refractivity contribution >= 4 is 21.1 Å². The van der Waals surface area contributed by atoms with Crippen molar-refractivity contribution in [1.82, 2.24) is 14.1 Å². The first-order chi connectivity index (χ1) is 10.5. The molecule has 8 heteroatoms. The van der Waals surface area contributed by atoms with Gasteiger partial charge in [0.15, 0.2) is 16.3 Å². The van der Waals surface area contributed by atoms with Crippen molar-refractivity contribution in [3.8, 4) is 0 Å². The molecule has 0 aliphatic heterocycles. The topological polar surface area (TPSA) is 104 Å². The Labute approximate surface area is 127 Å². The summed E-state index contributed by atoms with van der Waals surface area (Å²) >= 11 is 0. The van der Waals surface area contributed by atoms with Crippen LogP contribution in [0, 0.1) is 13.8 Å². The van der Waals surface area contributed by atoms with E-state index in [9.17, 15) is 8.42 Å². The number of aromatic nitrogens is 3. The van der Waals surface area contributed by atoms with Gasteiger partial charge in [-0.05, 0) is 44.5 Å². The molecule has 0 atom stereocenters. The minimum atomic E-state index is -3.82. The van der Waals surface area contributed by atoms with Crippen LogP contribution in [0.25, 0.3) is 11.0 Å². The van der Waals surface area contributed by atoms with Gasteiger partial charge in [-0.25, -0.2) is 17.4 Å². The van der Waals surface area contributed by atoms with Gasteiger partial charge in [0.25, 0.3) is 10.0 Å². The molecule has 0 radical (unpaired) electrons. The summed E-state index contributed by atoms with van der Waals surface area (Å²) in [6.07, 6.45) is 3.71. The molecule has 116 valence electrons. The zero-order chi connectivity index (χ0) is 15.9. The number of nitrogens with two attached hydrogens (primary N) is 1. The van der Waals surface area contributed by atoms with Crippen molar-refractivity contribution in [2.24, 2.45) is 5.73 Å². The lowest BCUT2D eigenvalue weighted by molar-refractivity contribution is 0.390. The summed E-state index contributed by atoms with van der Waals surface area (Å²) in [4.78, 5) is 4.29. The first kappa shape index (κ1) is 14.7. The third kappa shape index (κ3) is 2.11. The molecule has 0 spiro atoms. The highest BCUT2D eigenvalue weighted by molar-refractivity contribution is 7.90. The number of aryl methyl sites for hydroxylation is 2. The quantitative estimate of drug-likeness (QED) is 0.779. The Kier molecular flexibility index (Phi) is 3.50. The van der Waals surface area contributed by atoms with Crippen LogP contribution in [-0.2, 0) is 16.4 Å². The fourth-order valence-corrected chi connectivity index (χ4v) is 4.22. The minimum absolute atomic E-state index is 0.0781. The summed E-state index contributed by atoms with van der Waals surface area (Å²) in [5, 5.41) is 4.50. The summed E-state index contributed by atoms with van der Waals surface area (Å²) < 4.78 is 32.1. The van der Waals surface area contributed by atoms with Gasteiger partial charge < -0.3 is 10.3 Å². The van der Waals surface area contributed by atoms with Crippen LogP contribution in [0.15, 0.2) is 33.9 Å². The third-order valence-electron chi connectivity index (χ3n) is 3.51. The molecule has 0 fully saturated rings. The molecule has 22 heavy (non-hydrogen) atoms. The SMILES string of the molecule is Cc1noc(C)c1S(=O)(=O)n1cc(CCN)c2cccnc21. The highest BCUT2D eigenvalue weighted by Crippen LogP contribution is 2.27. The predicted molar refractivity (Wildman–Crippen MR) is 81.1 cm³/mol. The summed E-state index contributed by atoms with van der Waals surface area (Å²) in [6.45, 7) is 3.61. The number of hydrogen-bond acceptors (Lipinski definition) is 6. The molecule has 0 unspecified atom stereocenters. The van der Waals surface area contributed by atoms with Crippen LogP contribution >= 0.6 is 0 Å². The molecule has 3 heterocycles. The van der Waals surface area contributed by atoms with Crippen LogP contribution in [0.1, 0.15) is 17.0 Å². The average molecular weight is 320 g/mol. The van der Waals surface area contributed by atoms with Gasteiger partial charge in [0.2, 0.25) is 0 Å². The Morgan fingerprint density at radius 2 is 2.14 bits per heavy atom. The van der Waals surface area contributed by atoms with Crippen molar-refractivity contribution in [3.63, 3.8) is 0 Å². The highest BCUT2D eigenvalue weighted by Gasteiger charge is 2.28. The lowest BCUT2D eigenvalue weighted by Crippen LogP contribution is -2.14. The van der Waals surface area contributed by atoms with E-state index in [1.165, 1.54) is 3.97 Å². The fourth-order valence-electron chi connectivity index (χ4n) is 2.57. The largest absolute Gasteiger partial charge is 0.360 e. The summed E-state index contributed by atoms with van der Waals surface area (Å²) in [6, 6.07) is 3.61. The van der Waals surface area contributed by atoms with Gasteiger partial charge in [-0.2, -0.15) is 0 Å². The zero-order valence-corrected chi connectivity index (χ0v) is 13.1. The normalized spacial score (nSPS) is 12.1. The van der Waals surface area contributed by atoms with Gasteiger partial charge in [-0.1, -0.05) is 5.16 Å². The maximum absolute atomic E-state index is 13.0. The summed E-state index contributed by atoms with van der Waals surface area (Å²) in [5.74, 6) is 0.260. The van der Waals surface area contributed by atoms with Gasteiger partial charge >= 0.3 is 0 Å². The third-order valence-corrected chi connectivity index (χ3v) is 5.41. The first-order valence-electron chi connectivity index (χ1n) is 6.80. The molecule has 0 bridgehead atoms. The minimum Gasteiger partial charge on any atom is -0.360 e. The molecular formula is C14H16N4O3S. The molecular weight excluding hydrogens is 304 g/mol. The molecule has 7 nitrogen and oxygen atoms in total. The molecule has 0 saturated carbocycles. The smallest absolute Gasteiger partial charge is 0.274 e. The second-order valence-corrected chi connectivity index (χ2v) is 6.77. The Morgan fingerprint density at radius 1 is 1.36 bits per heavy atom. The first-order valence-corrected chi connectivity index (χ1v) is 8.24. The molecule has 3 aromatic rings. The second kappa shape index (κ2) is 5.22.